The van der Waals surface area contributed by atoms with Crippen LogP contribution in [-0.4, -0.2) is 10.2 Å². The van der Waals surface area contributed by atoms with Crippen LogP contribution < -0.4 is 0 Å². The molecule has 0 amide bonds. The fraction of sp³-hybridized carbons (Fsp3) is 0.455. The number of phenolic OH excluding ortho intramolecular Hbond substituents is 2. The number of hydrogen-bond donors (Lipinski definition) is 2. The van der Waals surface area contributed by atoms with Gasteiger partial charge in [0.1, 0.15) is 11.5 Å². The summed E-state index contributed by atoms with van der Waals surface area (Å²) in [5.41, 5.74) is 5.98. The molecule has 2 N–H and O–H groups in total. The van der Waals surface area contributed by atoms with Crippen LogP contribution >= 0.6 is 0 Å². The number of allylic oxidation sites excluding steroid dienone is 6. The molecule has 24 heavy (non-hydrogen) atoms. The first-order chi connectivity index (χ1) is 11.3. The third kappa shape index (κ3) is 7.54. The second-order valence-corrected chi connectivity index (χ2v) is 6.92. The van der Waals surface area contributed by atoms with Crippen molar-refractivity contribution in [2.45, 2.75) is 66.7 Å². The molecule has 2 nitrogen and oxygen atoms in total. The molecule has 0 saturated carbocycles. The van der Waals surface area contributed by atoms with Gasteiger partial charge in [0.15, 0.2) is 0 Å². The average Bonchev–Trinajstić information content (AvgIpc) is 2.45. The van der Waals surface area contributed by atoms with E-state index in [1.807, 2.05) is 6.92 Å². The summed E-state index contributed by atoms with van der Waals surface area (Å²) in [6.45, 7) is 10.5. The molecule has 0 heterocycles. The zero-order chi connectivity index (χ0) is 18.1. The minimum atomic E-state index is 0.114. The molecule has 0 spiro atoms. The van der Waals surface area contributed by atoms with E-state index in [0.29, 0.717) is 6.42 Å². The summed E-state index contributed by atoms with van der Waals surface area (Å²) in [6.07, 6.45) is 11.8. The van der Waals surface area contributed by atoms with E-state index in [1.165, 1.54) is 22.8 Å². The first kappa shape index (κ1) is 20.1. The van der Waals surface area contributed by atoms with Crippen molar-refractivity contribution in [1.82, 2.24) is 0 Å². The number of aryl methyl sites for hydroxylation is 1. The second kappa shape index (κ2) is 10.0. The molecule has 1 aromatic carbocycles. The summed E-state index contributed by atoms with van der Waals surface area (Å²) >= 11 is 0. The van der Waals surface area contributed by atoms with Gasteiger partial charge in [-0.15, -0.1) is 0 Å². The minimum Gasteiger partial charge on any atom is -0.508 e. The van der Waals surface area contributed by atoms with Crippen molar-refractivity contribution in [2.24, 2.45) is 0 Å². The summed E-state index contributed by atoms with van der Waals surface area (Å²) < 4.78 is 0. The van der Waals surface area contributed by atoms with E-state index in [9.17, 15) is 10.2 Å². The third-order valence-corrected chi connectivity index (χ3v) is 4.21. The molecule has 2 heteroatoms. The lowest BCUT2D eigenvalue weighted by Crippen LogP contribution is -1.90. The van der Waals surface area contributed by atoms with Crippen LogP contribution in [0.1, 0.15) is 64.5 Å². The number of rotatable bonds is 8. The van der Waals surface area contributed by atoms with Crippen molar-refractivity contribution >= 4 is 0 Å². The maximum absolute atomic E-state index is 9.95. The zero-order valence-electron chi connectivity index (χ0n) is 15.8. The SMILES string of the molecule is CC(C)=CCC/C(C)=C/CC/C(C)=C/Cc1c(C)cc(O)cc1O. The Kier molecular flexibility index (Phi) is 8.39. The van der Waals surface area contributed by atoms with Gasteiger partial charge in [-0.3, -0.25) is 0 Å². The zero-order valence-corrected chi connectivity index (χ0v) is 15.8. The number of hydrogen-bond acceptors (Lipinski definition) is 2. The molecule has 132 valence electrons. The lowest BCUT2D eigenvalue weighted by atomic mass is 10.0. The summed E-state index contributed by atoms with van der Waals surface area (Å²) in [5.74, 6) is 0.287. The number of aromatic hydroxyl groups is 2. The minimum absolute atomic E-state index is 0.114. The van der Waals surface area contributed by atoms with Gasteiger partial charge in [-0.25, -0.2) is 0 Å². The van der Waals surface area contributed by atoms with Gasteiger partial charge in [-0.1, -0.05) is 34.9 Å². The van der Waals surface area contributed by atoms with Crippen LogP contribution in [0.5, 0.6) is 11.5 Å². The van der Waals surface area contributed by atoms with Gasteiger partial charge in [0.2, 0.25) is 0 Å². The average molecular weight is 328 g/mol. The third-order valence-electron chi connectivity index (χ3n) is 4.21. The molecule has 0 radical (unpaired) electrons. The molecule has 0 aromatic heterocycles. The first-order valence-electron chi connectivity index (χ1n) is 8.75. The van der Waals surface area contributed by atoms with Gasteiger partial charge >= 0.3 is 0 Å². The molecular formula is C22H32O2. The Morgan fingerprint density at radius 3 is 2.04 bits per heavy atom. The molecule has 0 aliphatic rings. The fourth-order valence-corrected chi connectivity index (χ4v) is 2.66. The second-order valence-electron chi connectivity index (χ2n) is 6.92. The molecule has 0 aliphatic carbocycles. The van der Waals surface area contributed by atoms with E-state index < -0.39 is 0 Å². The summed E-state index contributed by atoms with van der Waals surface area (Å²) in [6, 6.07) is 3.10. The van der Waals surface area contributed by atoms with Gasteiger partial charge in [0, 0.05) is 11.6 Å². The van der Waals surface area contributed by atoms with Crippen LogP contribution in [0.4, 0.5) is 0 Å². The van der Waals surface area contributed by atoms with Gasteiger partial charge in [-0.05, 0) is 78.4 Å². The maximum atomic E-state index is 9.95. The molecule has 0 unspecified atom stereocenters. The summed E-state index contributed by atoms with van der Waals surface area (Å²) in [4.78, 5) is 0. The van der Waals surface area contributed by atoms with Gasteiger partial charge < -0.3 is 10.2 Å². The van der Waals surface area contributed by atoms with Gasteiger partial charge in [-0.2, -0.15) is 0 Å². The summed E-state index contributed by atoms with van der Waals surface area (Å²) in [7, 11) is 0. The largest absolute Gasteiger partial charge is 0.508 e. The van der Waals surface area contributed by atoms with Crippen LogP contribution in [0.25, 0.3) is 0 Å². The Morgan fingerprint density at radius 1 is 0.875 bits per heavy atom. The molecule has 0 atom stereocenters. The van der Waals surface area contributed by atoms with Gasteiger partial charge in [0.05, 0.1) is 0 Å². The van der Waals surface area contributed by atoms with E-state index in [-0.39, 0.29) is 11.5 Å². The van der Waals surface area contributed by atoms with Crippen LogP contribution in [0.2, 0.25) is 0 Å². The first-order valence-corrected chi connectivity index (χ1v) is 8.75. The van der Waals surface area contributed by atoms with E-state index in [0.717, 1.165) is 36.8 Å². The van der Waals surface area contributed by atoms with Crippen molar-refractivity contribution in [2.75, 3.05) is 0 Å². The van der Waals surface area contributed by atoms with Crippen molar-refractivity contribution in [3.63, 3.8) is 0 Å². The highest BCUT2D eigenvalue weighted by Crippen LogP contribution is 2.27. The quantitative estimate of drug-likeness (QED) is 0.544. The van der Waals surface area contributed by atoms with Crippen LogP contribution in [0.3, 0.4) is 0 Å². The highest BCUT2D eigenvalue weighted by Gasteiger charge is 2.05. The van der Waals surface area contributed by atoms with E-state index in [1.54, 1.807) is 6.07 Å². The molecule has 1 rings (SSSR count). The lowest BCUT2D eigenvalue weighted by Gasteiger charge is -2.08. The molecule has 0 saturated heterocycles. The lowest BCUT2D eigenvalue weighted by molar-refractivity contribution is 0.446. The van der Waals surface area contributed by atoms with E-state index in [4.69, 9.17) is 0 Å². The Morgan fingerprint density at radius 2 is 1.46 bits per heavy atom. The molecule has 0 bridgehead atoms. The predicted octanol–water partition coefficient (Wildman–Crippen LogP) is 6.37. The topological polar surface area (TPSA) is 40.5 Å². The van der Waals surface area contributed by atoms with Crippen molar-refractivity contribution in [3.8, 4) is 11.5 Å². The molecule has 0 fully saturated rings. The normalized spacial score (nSPS) is 12.4. The maximum Gasteiger partial charge on any atom is 0.123 e. The predicted molar refractivity (Wildman–Crippen MR) is 104 cm³/mol. The van der Waals surface area contributed by atoms with Crippen LogP contribution in [0.15, 0.2) is 47.1 Å². The Hall–Kier alpha value is -1.96. The Labute approximate surface area is 147 Å². The monoisotopic (exact) mass is 328 g/mol. The van der Waals surface area contributed by atoms with Crippen LogP contribution in [0, 0.1) is 6.92 Å². The van der Waals surface area contributed by atoms with Gasteiger partial charge in [0.25, 0.3) is 0 Å². The van der Waals surface area contributed by atoms with Crippen LogP contribution in [-0.2, 0) is 6.42 Å². The Bertz CT molecular complexity index is 606. The smallest absolute Gasteiger partial charge is 0.123 e. The fourth-order valence-electron chi connectivity index (χ4n) is 2.66. The van der Waals surface area contributed by atoms with Crippen molar-refractivity contribution in [3.05, 3.63) is 58.2 Å². The molecular weight excluding hydrogens is 296 g/mol. The standard InChI is InChI=1S/C22H32O2/c1-16(2)8-6-9-17(3)10-7-11-18(4)12-13-21-19(5)14-20(23)15-22(21)24/h8,10,12,14-15,23-24H,6-7,9,11,13H2,1-5H3/b17-10+,18-12+. The van der Waals surface area contributed by atoms with E-state index in [2.05, 4.69) is 45.9 Å². The van der Waals surface area contributed by atoms with Crippen molar-refractivity contribution in [1.29, 1.82) is 0 Å². The number of phenols is 2. The highest BCUT2D eigenvalue weighted by atomic mass is 16.3. The Balaban J connectivity index is 2.49. The number of benzene rings is 1. The highest BCUT2D eigenvalue weighted by molar-refractivity contribution is 5.45. The molecule has 0 aliphatic heterocycles. The molecule has 1 aromatic rings. The van der Waals surface area contributed by atoms with E-state index >= 15 is 0 Å². The van der Waals surface area contributed by atoms with Crippen molar-refractivity contribution < 1.29 is 10.2 Å². The summed E-state index contributed by atoms with van der Waals surface area (Å²) in [5, 5.41) is 19.4.